The monoisotopic (exact) mass is 374 g/mol. The molecule has 3 aromatic heterocycles. The fourth-order valence-electron chi connectivity index (χ4n) is 3.20. The summed E-state index contributed by atoms with van der Waals surface area (Å²) < 4.78 is 10.6. The van der Waals surface area contributed by atoms with Gasteiger partial charge in [-0.25, -0.2) is 4.79 Å². The molecular formula is C20H14N4O4. The number of aromatic nitrogens is 3. The number of hydrogen-bond acceptors (Lipinski definition) is 7. The normalized spacial score (nSPS) is 14.2. The van der Waals surface area contributed by atoms with E-state index < -0.39 is 5.63 Å². The molecule has 1 fully saturated rings. The Morgan fingerprint density at radius 2 is 2.00 bits per heavy atom. The number of carbonyl (C=O) groups excluding carboxylic acids is 1. The van der Waals surface area contributed by atoms with Crippen LogP contribution >= 0.6 is 0 Å². The summed E-state index contributed by atoms with van der Waals surface area (Å²) in [6, 6.07) is 12.3. The third kappa shape index (κ3) is 2.75. The quantitative estimate of drug-likeness (QED) is 0.508. The number of likely N-dealkylation sites (tertiary alicyclic amines) is 1. The Kier molecular flexibility index (Phi) is 3.75. The van der Waals surface area contributed by atoms with Gasteiger partial charge in [0.05, 0.1) is 5.92 Å². The van der Waals surface area contributed by atoms with Gasteiger partial charge in [0.15, 0.2) is 0 Å². The van der Waals surface area contributed by atoms with Crippen LogP contribution in [-0.4, -0.2) is 39.0 Å². The van der Waals surface area contributed by atoms with E-state index in [-0.39, 0.29) is 17.4 Å². The Labute approximate surface area is 158 Å². The summed E-state index contributed by atoms with van der Waals surface area (Å²) in [7, 11) is 0. The van der Waals surface area contributed by atoms with E-state index >= 15 is 0 Å². The number of para-hydroxylation sites is 1. The van der Waals surface area contributed by atoms with Crippen LogP contribution in [0.25, 0.3) is 22.4 Å². The van der Waals surface area contributed by atoms with Crippen molar-refractivity contribution in [2.75, 3.05) is 13.1 Å². The van der Waals surface area contributed by atoms with Gasteiger partial charge in [0.2, 0.25) is 11.7 Å². The maximum Gasteiger partial charge on any atom is 0.349 e. The molecule has 8 heteroatoms. The first-order chi connectivity index (χ1) is 13.7. The molecule has 4 aromatic rings. The second-order valence-corrected chi connectivity index (χ2v) is 6.59. The van der Waals surface area contributed by atoms with Crippen LogP contribution in [0.3, 0.4) is 0 Å². The summed E-state index contributed by atoms with van der Waals surface area (Å²) in [6.45, 7) is 0.805. The highest BCUT2D eigenvalue weighted by molar-refractivity contribution is 5.97. The zero-order chi connectivity index (χ0) is 19.1. The van der Waals surface area contributed by atoms with Crippen molar-refractivity contribution < 1.29 is 13.7 Å². The zero-order valence-corrected chi connectivity index (χ0v) is 14.6. The number of carbonyl (C=O) groups is 1. The predicted octanol–water partition coefficient (Wildman–Crippen LogP) is 2.48. The van der Waals surface area contributed by atoms with Crippen LogP contribution in [0, 0.1) is 0 Å². The lowest BCUT2D eigenvalue weighted by Gasteiger charge is -2.36. The minimum absolute atomic E-state index is 0.0266. The number of hydrogen-bond donors (Lipinski definition) is 0. The fourth-order valence-corrected chi connectivity index (χ4v) is 3.20. The van der Waals surface area contributed by atoms with E-state index in [4.69, 9.17) is 8.94 Å². The lowest BCUT2D eigenvalue weighted by atomic mass is 9.99. The first-order valence-corrected chi connectivity index (χ1v) is 8.75. The van der Waals surface area contributed by atoms with Gasteiger partial charge < -0.3 is 13.8 Å². The molecule has 5 rings (SSSR count). The molecular weight excluding hydrogens is 360 g/mol. The lowest BCUT2D eigenvalue weighted by molar-refractivity contribution is 0.0565. The van der Waals surface area contributed by atoms with E-state index in [2.05, 4.69) is 15.1 Å². The minimum Gasteiger partial charge on any atom is -0.422 e. The molecule has 0 unspecified atom stereocenters. The summed E-state index contributed by atoms with van der Waals surface area (Å²) in [5, 5.41) is 4.68. The molecule has 0 saturated carbocycles. The van der Waals surface area contributed by atoms with Gasteiger partial charge in [0, 0.05) is 36.4 Å². The van der Waals surface area contributed by atoms with Crippen LogP contribution in [0.1, 0.15) is 22.2 Å². The van der Waals surface area contributed by atoms with E-state index in [1.165, 1.54) is 0 Å². The Balaban J connectivity index is 1.32. The van der Waals surface area contributed by atoms with Crippen LogP contribution in [0.4, 0.5) is 0 Å². The molecule has 28 heavy (non-hydrogen) atoms. The standard InChI is InChI=1S/C20H14N4O4/c25-19(15-8-12-4-1-2-6-16(12)27-20(15)26)24-10-14(11-24)18-22-17(23-28-18)13-5-3-7-21-9-13/h1-9,14H,10-11H2. The molecule has 0 spiro atoms. The zero-order valence-electron chi connectivity index (χ0n) is 14.6. The number of rotatable bonds is 3. The summed E-state index contributed by atoms with van der Waals surface area (Å²) >= 11 is 0. The maximum absolute atomic E-state index is 12.7. The minimum atomic E-state index is -0.635. The van der Waals surface area contributed by atoms with E-state index in [1.807, 2.05) is 12.1 Å². The Morgan fingerprint density at radius 3 is 2.82 bits per heavy atom. The molecule has 0 atom stereocenters. The number of amides is 1. The van der Waals surface area contributed by atoms with Crippen LogP contribution in [0.2, 0.25) is 0 Å². The molecule has 138 valence electrons. The van der Waals surface area contributed by atoms with Gasteiger partial charge in [-0.3, -0.25) is 9.78 Å². The van der Waals surface area contributed by atoms with Crippen molar-refractivity contribution in [3.63, 3.8) is 0 Å². The number of pyridine rings is 1. The Bertz CT molecular complexity index is 1230. The molecule has 0 bridgehead atoms. The summed E-state index contributed by atoms with van der Waals surface area (Å²) in [6.07, 6.45) is 3.33. The molecule has 1 aromatic carbocycles. The van der Waals surface area contributed by atoms with Gasteiger partial charge in [-0.05, 0) is 24.3 Å². The van der Waals surface area contributed by atoms with E-state index in [1.54, 1.807) is 47.6 Å². The molecule has 8 nitrogen and oxygen atoms in total. The SMILES string of the molecule is O=C(c1cc2ccccc2oc1=O)N1CC(c2nc(-c3cccnc3)no2)C1. The highest BCUT2D eigenvalue weighted by Gasteiger charge is 2.37. The van der Waals surface area contributed by atoms with Crippen LogP contribution in [0.5, 0.6) is 0 Å². The number of fused-ring (bicyclic) bond motifs is 1. The first-order valence-electron chi connectivity index (χ1n) is 8.75. The summed E-state index contributed by atoms with van der Waals surface area (Å²) in [5.41, 5.74) is 0.611. The first kappa shape index (κ1) is 16.4. The second-order valence-electron chi connectivity index (χ2n) is 6.59. The third-order valence-corrected chi connectivity index (χ3v) is 4.75. The van der Waals surface area contributed by atoms with Gasteiger partial charge in [-0.15, -0.1) is 0 Å². The van der Waals surface area contributed by atoms with Crippen molar-refractivity contribution >= 4 is 16.9 Å². The molecule has 0 radical (unpaired) electrons. The smallest absolute Gasteiger partial charge is 0.349 e. The molecule has 1 amide bonds. The van der Waals surface area contributed by atoms with Crippen LogP contribution in [-0.2, 0) is 0 Å². The number of nitrogens with zero attached hydrogens (tertiary/aromatic N) is 4. The van der Waals surface area contributed by atoms with Crippen LogP contribution in [0.15, 0.2) is 68.6 Å². The molecule has 0 N–H and O–H groups in total. The summed E-state index contributed by atoms with van der Waals surface area (Å²) in [5.74, 6) is 0.508. The predicted molar refractivity (Wildman–Crippen MR) is 98.7 cm³/mol. The van der Waals surface area contributed by atoms with Crippen LogP contribution < -0.4 is 5.63 Å². The van der Waals surface area contributed by atoms with Crippen molar-refractivity contribution in [3.05, 3.63) is 76.7 Å². The van der Waals surface area contributed by atoms with Crippen molar-refractivity contribution in [1.29, 1.82) is 0 Å². The van der Waals surface area contributed by atoms with E-state index in [9.17, 15) is 9.59 Å². The van der Waals surface area contributed by atoms with Crippen molar-refractivity contribution in [3.8, 4) is 11.4 Å². The van der Waals surface area contributed by atoms with Gasteiger partial charge in [0.1, 0.15) is 11.1 Å². The largest absolute Gasteiger partial charge is 0.422 e. The highest BCUT2D eigenvalue weighted by Crippen LogP contribution is 2.28. The Hall–Kier alpha value is -3.81. The molecule has 1 aliphatic heterocycles. The maximum atomic E-state index is 12.7. The Morgan fingerprint density at radius 1 is 1.14 bits per heavy atom. The van der Waals surface area contributed by atoms with Gasteiger partial charge in [0.25, 0.3) is 5.91 Å². The average Bonchev–Trinajstić information content (AvgIpc) is 3.16. The summed E-state index contributed by atoms with van der Waals surface area (Å²) in [4.78, 5) is 34.9. The molecule has 1 aliphatic rings. The van der Waals surface area contributed by atoms with E-state index in [0.29, 0.717) is 35.8 Å². The highest BCUT2D eigenvalue weighted by atomic mass is 16.5. The molecule has 4 heterocycles. The van der Waals surface area contributed by atoms with Gasteiger partial charge in [-0.1, -0.05) is 23.4 Å². The average molecular weight is 374 g/mol. The topological polar surface area (TPSA) is 102 Å². The van der Waals surface area contributed by atoms with Gasteiger partial charge >= 0.3 is 5.63 Å². The molecule has 1 saturated heterocycles. The lowest BCUT2D eigenvalue weighted by Crippen LogP contribution is -2.49. The molecule has 0 aliphatic carbocycles. The second kappa shape index (κ2) is 6.41. The fraction of sp³-hybridized carbons (Fsp3) is 0.150. The van der Waals surface area contributed by atoms with E-state index in [0.717, 1.165) is 5.56 Å². The third-order valence-electron chi connectivity index (χ3n) is 4.75. The van der Waals surface area contributed by atoms with Crippen molar-refractivity contribution in [2.45, 2.75) is 5.92 Å². The van der Waals surface area contributed by atoms with Crippen molar-refractivity contribution in [1.82, 2.24) is 20.0 Å². The van der Waals surface area contributed by atoms with Crippen molar-refractivity contribution in [2.24, 2.45) is 0 Å². The number of benzene rings is 1. The van der Waals surface area contributed by atoms with Gasteiger partial charge in [-0.2, -0.15) is 4.98 Å².